The number of hydrogen-bond acceptors (Lipinski definition) is 2. The fraction of sp³-hybridized carbons (Fsp3) is 0.385. The molecule has 0 saturated carbocycles. The Bertz CT molecular complexity index is 407. The van der Waals surface area contributed by atoms with Gasteiger partial charge in [0.05, 0.1) is 6.10 Å². The van der Waals surface area contributed by atoms with Crippen LogP contribution in [0, 0.1) is 0 Å². The monoisotopic (exact) mass is 203 g/mol. The summed E-state index contributed by atoms with van der Waals surface area (Å²) in [6.07, 6.45) is 1.57. The molecule has 2 rings (SSSR count). The Balaban J connectivity index is 2.53. The van der Waals surface area contributed by atoms with Crippen LogP contribution in [-0.4, -0.2) is 17.8 Å². The van der Waals surface area contributed by atoms with E-state index in [9.17, 15) is 5.11 Å². The van der Waals surface area contributed by atoms with Gasteiger partial charge in [-0.15, -0.1) is 0 Å². The number of rotatable bonds is 2. The molecule has 1 aliphatic rings. The van der Waals surface area contributed by atoms with E-state index in [4.69, 9.17) is 5.73 Å². The SMILES string of the molecule is CC1(C)C=C(C(O)CN)c2ccccc21. The summed E-state index contributed by atoms with van der Waals surface area (Å²) in [7, 11) is 0. The third kappa shape index (κ3) is 1.60. The topological polar surface area (TPSA) is 46.2 Å². The van der Waals surface area contributed by atoms with E-state index in [-0.39, 0.29) is 12.0 Å². The van der Waals surface area contributed by atoms with Crippen molar-refractivity contribution >= 4 is 5.57 Å². The minimum atomic E-state index is -0.548. The van der Waals surface area contributed by atoms with Crippen LogP contribution in [0.3, 0.4) is 0 Å². The second-order valence-electron chi connectivity index (χ2n) is 4.62. The second kappa shape index (κ2) is 3.47. The predicted molar refractivity (Wildman–Crippen MR) is 62.5 cm³/mol. The molecule has 0 saturated heterocycles. The largest absolute Gasteiger partial charge is 0.387 e. The number of aliphatic hydroxyl groups is 1. The van der Waals surface area contributed by atoms with Crippen molar-refractivity contribution in [2.75, 3.05) is 6.54 Å². The van der Waals surface area contributed by atoms with E-state index in [0.717, 1.165) is 11.1 Å². The molecular weight excluding hydrogens is 186 g/mol. The summed E-state index contributed by atoms with van der Waals surface area (Å²) in [5.41, 5.74) is 8.89. The first-order valence-corrected chi connectivity index (χ1v) is 5.27. The zero-order chi connectivity index (χ0) is 11.1. The Morgan fingerprint density at radius 1 is 1.33 bits per heavy atom. The van der Waals surface area contributed by atoms with Gasteiger partial charge in [0.25, 0.3) is 0 Å². The summed E-state index contributed by atoms with van der Waals surface area (Å²) in [5, 5.41) is 9.84. The van der Waals surface area contributed by atoms with Gasteiger partial charge in [-0.05, 0) is 16.7 Å². The van der Waals surface area contributed by atoms with Crippen molar-refractivity contribution in [1.29, 1.82) is 0 Å². The van der Waals surface area contributed by atoms with Gasteiger partial charge in [-0.25, -0.2) is 0 Å². The molecule has 0 spiro atoms. The van der Waals surface area contributed by atoms with Gasteiger partial charge in [0.2, 0.25) is 0 Å². The van der Waals surface area contributed by atoms with Gasteiger partial charge < -0.3 is 10.8 Å². The lowest BCUT2D eigenvalue weighted by molar-refractivity contribution is 0.241. The maximum absolute atomic E-state index is 9.84. The fourth-order valence-corrected chi connectivity index (χ4v) is 2.24. The summed E-state index contributed by atoms with van der Waals surface area (Å²) < 4.78 is 0. The van der Waals surface area contributed by atoms with Crippen molar-refractivity contribution in [2.24, 2.45) is 5.73 Å². The van der Waals surface area contributed by atoms with E-state index in [1.165, 1.54) is 5.56 Å². The fourth-order valence-electron chi connectivity index (χ4n) is 2.24. The van der Waals surface area contributed by atoms with Crippen LogP contribution in [0.25, 0.3) is 5.57 Å². The average molecular weight is 203 g/mol. The number of nitrogens with two attached hydrogens (primary N) is 1. The lowest BCUT2D eigenvalue weighted by Gasteiger charge is -2.16. The smallest absolute Gasteiger partial charge is 0.0915 e. The first kappa shape index (κ1) is 10.4. The van der Waals surface area contributed by atoms with Gasteiger partial charge in [-0.2, -0.15) is 0 Å². The first-order valence-electron chi connectivity index (χ1n) is 5.27. The highest BCUT2D eigenvalue weighted by atomic mass is 16.3. The lowest BCUT2D eigenvalue weighted by atomic mass is 9.87. The van der Waals surface area contributed by atoms with Crippen LogP contribution >= 0.6 is 0 Å². The molecule has 1 aliphatic carbocycles. The minimum absolute atomic E-state index is 0.00206. The molecule has 1 aromatic carbocycles. The lowest BCUT2D eigenvalue weighted by Crippen LogP contribution is -2.20. The number of allylic oxidation sites excluding steroid dienone is 1. The third-order valence-electron chi connectivity index (χ3n) is 3.03. The van der Waals surface area contributed by atoms with Gasteiger partial charge in [0.15, 0.2) is 0 Å². The Morgan fingerprint density at radius 3 is 2.67 bits per heavy atom. The summed E-state index contributed by atoms with van der Waals surface area (Å²) in [6.45, 7) is 4.58. The van der Waals surface area contributed by atoms with Crippen LogP contribution in [0.1, 0.15) is 25.0 Å². The second-order valence-corrected chi connectivity index (χ2v) is 4.62. The van der Waals surface area contributed by atoms with Gasteiger partial charge in [0.1, 0.15) is 0 Å². The van der Waals surface area contributed by atoms with Crippen molar-refractivity contribution in [3.05, 3.63) is 41.5 Å². The van der Waals surface area contributed by atoms with Crippen LogP contribution in [0.5, 0.6) is 0 Å². The van der Waals surface area contributed by atoms with E-state index >= 15 is 0 Å². The maximum Gasteiger partial charge on any atom is 0.0915 e. The molecule has 3 N–H and O–H groups in total. The molecule has 0 fully saturated rings. The van der Waals surface area contributed by atoms with E-state index in [1.54, 1.807) is 0 Å². The van der Waals surface area contributed by atoms with Crippen molar-refractivity contribution in [3.63, 3.8) is 0 Å². The Kier molecular flexibility index (Phi) is 2.41. The van der Waals surface area contributed by atoms with Crippen LogP contribution in [-0.2, 0) is 5.41 Å². The maximum atomic E-state index is 9.84. The van der Waals surface area contributed by atoms with Crippen molar-refractivity contribution in [2.45, 2.75) is 25.4 Å². The molecule has 0 aliphatic heterocycles. The summed E-state index contributed by atoms with van der Waals surface area (Å²) in [4.78, 5) is 0. The highest BCUT2D eigenvalue weighted by Crippen LogP contribution is 2.41. The molecule has 0 radical (unpaired) electrons. The standard InChI is InChI=1S/C13H17NO/c1-13(2)7-10(12(15)8-14)9-5-3-4-6-11(9)13/h3-7,12,15H,8,14H2,1-2H3. The zero-order valence-corrected chi connectivity index (χ0v) is 9.20. The molecule has 0 aromatic heterocycles. The van der Waals surface area contributed by atoms with Crippen molar-refractivity contribution in [1.82, 2.24) is 0 Å². The Hall–Kier alpha value is -1.12. The van der Waals surface area contributed by atoms with Crippen LogP contribution < -0.4 is 5.73 Å². The van der Waals surface area contributed by atoms with Crippen LogP contribution in [0.4, 0.5) is 0 Å². The molecule has 80 valence electrons. The Morgan fingerprint density at radius 2 is 2.00 bits per heavy atom. The first-order chi connectivity index (χ1) is 7.06. The summed E-state index contributed by atoms with van der Waals surface area (Å²) >= 11 is 0. The van der Waals surface area contributed by atoms with Gasteiger partial charge >= 0.3 is 0 Å². The number of hydrogen-bond donors (Lipinski definition) is 2. The zero-order valence-electron chi connectivity index (χ0n) is 9.20. The quantitative estimate of drug-likeness (QED) is 0.768. The van der Waals surface area contributed by atoms with Gasteiger partial charge in [-0.3, -0.25) is 0 Å². The Labute approximate surface area is 90.4 Å². The normalized spacial score (nSPS) is 19.6. The van der Waals surface area contributed by atoms with Crippen LogP contribution in [0.15, 0.2) is 30.3 Å². The molecule has 0 amide bonds. The van der Waals surface area contributed by atoms with Crippen molar-refractivity contribution < 1.29 is 5.11 Å². The summed E-state index contributed by atoms with van der Waals surface area (Å²) in [6, 6.07) is 8.19. The molecule has 0 bridgehead atoms. The van der Waals surface area contributed by atoms with Gasteiger partial charge in [0, 0.05) is 12.0 Å². The number of aliphatic hydroxyl groups excluding tert-OH is 1. The third-order valence-corrected chi connectivity index (χ3v) is 3.03. The molecule has 1 atom stereocenters. The number of benzene rings is 1. The van der Waals surface area contributed by atoms with E-state index < -0.39 is 6.10 Å². The molecule has 1 unspecified atom stereocenters. The van der Waals surface area contributed by atoms with E-state index in [0.29, 0.717) is 0 Å². The highest BCUT2D eigenvalue weighted by Gasteiger charge is 2.31. The molecule has 2 heteroatoms. The van der Waals surface area contributed by atoms with E-state index in [1.807, 2.05) is 12.1 Å². The molecule has 0 heterocycles. The molecule has 2 nitrogen and oxygen atoms in total. The van der Waals surface area contributed by atoms with Crippen molar-refractivity contribution in [3.8, 4) is 0 Å². The molecular formula is C13H17NO. The molecule has 1 aromatic rings. The highest BCUT2D eigenvalue weighted by molar-refractivity contribution is 5.78. The minimum Gasteiger partial charge on any atom is -0.387 e. The molecule has 15 heavy (non-hydrogen) atoms. The summed E-state index contributed by atoms with van der Waals surface area (Å²) in [5.74, 6) is 0. The van der Waals surface area contributed by atoms with Crippen LogP contribution in [0.2, 0.25) is 0 Å². The van der Waals surface area contributed by atoms with E-state index in [2.05, 4.69) is 32.1 Å². The average Bonchev–Trinajstić information content (AvgIpc) is 2.51. The predicted octanol–water partition coefficient (Wildman–Crippen LogP) is 1.68. The van der Waals surface area contributed by atoms with Gasteiger partial charge in [-0.1, -0.05) is 44.2 Å². The number of fused-ring (bicyclic) bond motifs is 1.